The molecule has 0 spiro atoms. The summed E-state index contributed by atoms with van der Waals surface area (Å²) < 4.78 is 0. The fourth-order valence-corrected chi connectivity index (χ4v) is 1.49. The maximum absolute atomic E-state index is 11.9. The van der Waals surface area contributed by atoms with Crippen LogP contribution in [0.5, 0.6) is 0 Å². The maximum Gasteiger partial charge on any atom is 0.177 e. The molecule has 1 rings (SSSR count). The normalized spacial score (nSPS) is 25.5. The van der Waals surface area contributed by atoms with Crippen LogP contribution in [0.4, 0.5) is 0 Å². The largest absolute Gasteiger partial charge is 0.302 e. The number of dihydropyridines is 1. The second-order valence-electron chi connectivity index (χ2n) is 3.85. The van der Waals surface area contributed by atoms with Gasteiger partial charge in [-0.05, 0) is 6.92 Å². The highest BCUT2D eigenvalue weighted by Crippen LogP contribution is 2.16. The lowest BCUT2D eigenvalue weighted by molar-refractivity contribution is -0.137. The summed E-state index contributed by atoms with van der Waals surface area (Å²) in [6, 6.07) is -0.0287. The quantitative estimate of drug-likeness (QED) is 0.652. The highest BCUT2D eigenvalue weighted by Gasteiger charge is 2.20. The van der Waals surface area contributed by atoms with Gasteiger partial charge in [0.1, 0.15) is 0 Å². The number of aliphatic imine (C=N–C) groups is 1. The molecule has 84 valence electrons. The Balaban J connectivity index is 2.66. The van der Waals surface area contributed by atoms with Gasteiger partial charge in [0.2, 0.25) is 0 Å². The van der Waals surface area contributed by atoms with Crippen LogP contribution in [0.1, 0.15) is 13.8 Å². The SMILES string of the molecule is CON(C)CC(=O)C1=CC(C)C=NC1C. The topological polar surface area (TPSA) is 41.9 Å². The third-order valence-electron chi connectivity index (χ3n) is 2.44. The number of hydrogen-bond donors (Lipinski definition) is 0. The molecule has 0 fully saturated rings. The van der Waals surface area contributed by atoms with E-state index in [9.17, 15) is 4.79 Å². The van der Waals surface area contributed by atoms with Gasteiger partial charge in [-0.3, -0.25) is 9.79 Å². The summed E-state index contributed by atoms with van der Waals surface area (Å²) in [6.07, 6.45) is 3.85. The minimum atomic E-state index is -0.0287. The van der Waals surface area contributed by atoms with Crippen LogP contribution in [-0.2, 0) is 9.63 Å². The van der Waals surface area contributed by atoms with Crippen molar-refractivity contribution in [1.82, 2.24) is 5.06 Å². The van der Waals surface area contributed by atoms with E-state index in [4.69, 9.17) is 4.84 Å². The smallest absolute Gasteiger partial charge is 0.177 e. The summed E-state index contributed by atoms with van der Waals surface area (Å²) >= 11 is 0. The van der Waals surface area contributed by atoms with E-state index in [1.165, 1.54) is 5.06 Å². The van der Waals surface area contributed by atoms with Crippen molar-refractivity contribution in [3.63, 3.8) is 0 Å². The molecule has 1 aliphatic rings. The van der Waals surface area contributed by atoms with Crippen LogP contribution in [0.3, 0.4) is 0 Å². The Labute approximate surface area is 90.6 Å². The first-order valence-corrected chi connectivity index (χ1v) is 5.08. The van der Waals surface area contributed by atoms with E-state index >= 15 is 0 Å². The molecule has 15 heavy (non-hydrogen) atoms. The summed E-state index contributed by atoms with van der Waals surface area (Å²) in [5.74, 6) is 0.323. The number of carbonyl (C=O) groups is 1. The second-order valence-corrected chi connectivity index (χ2v) is 3.85. The molecule has 0 aromatic rings. The lowest BCUT2D eigenvalue weighted by atomic mass is 9.96. The van der Waals surface area contributed by atoms with Crippen molar-refractivity contribution in [3.8, 4) is 0 Å². The third-order valence-corrected chi connectivity index (χ3v) is 2.44. The molecule has 0 saturated carbocycles. The van der Waals surface area contributed by atoms with Gasteiger partial charge in [0.05, 0.1) is 19.7 Å². The molecule has 0 aromatic carbocycles. The number of carbonyl (C=O) groups excluding carboxylic acids is 1. The average molecular weight is 210 g/mol. The molecule has 2 atom stereocenters. The van der Waals surface area contributed by atoms with Crippen molar-refractivity contribution in [2.45, 2.75) is 19.9 Å². The van der Waals surface area contributed by atoms with Crippen molar-refractivity contribution >= 4 is 12.0 Å². The van der Waals surface area contributed by atoms with Crippen molar-refractivity contribution in [2.24, 2.45) is 10.9 Å². The molecule has 1 aliphatic heterocycles. The summed E-state index contributed by atoms with van der Waals surface area (Å²) in [4.78, 5) is 21.1. The van der Waals surface area contributed by atoms with E-state index in [1.54, 1.807) is 14.2 Å². The Morgan fingerprint density at radius 1 is 1.60 bits per heavy atom. The van der Waals surface area contributed by atoms with E-state index in [1.807, 2.05) is 26.1 Å². The molecular formula is C11H18N2O2. The molecule has 4 heteroatoms. The molecule has 0 radical (unpaired) electrons. The summed E-state index contributed by atoms with van der Waals surface area (Å²) in [7, 11) is 3.28. The molecular weight excluding hydrogens is 192 g/mol. The van der Waals surface area contributed by atoms with E-state index in [0.717, 1.165) is 5.57 Å². The lowest BCUT2D eigenvalue weighted by Gasteiger charge is -2.19. The number of nitrogens with zero attached hydrogens (tertiary/aromatic N) is 2. The van der Waals surface area contributed by atoms with Crippen molar-refractivity contribution in [2.75, 3.05) is 20.7 Å². The molecule has 4 nitrogen and oxygen atoms in total. The van der Waals surface area contributed by atoms with Crippen molar-refractivity contribution in [3.05, 3.63) is 11.6 Å². The summed E-state index contributed by atoms with van der Waals surface area (Å²) in [5, 5.41) is 1.51. The predicted molar refractivity (Wildman–Crippen MR) is 59.8 cm³/mol. The van der Waals surface area contributed by atoms with E-state index < -0.39 is 0 Å². The number of ketones is 1. The molecule has 2 unspecified atom stereocenters. The number of rotatable bonds is 4. The number of Topliss-reactive ketones (excluding diaryl/α,β-unsaturated/α-hetero) is 1. The van der Waals surface area contributed by atoms with E-state index in [2.05, 4.69) is 4.99 Å². The minimum absolute atomic E-state index is 0.0287. The zero-order valence-corrected chi connectivity index (χ0v) is 9.73. The molecule has 0 bridgehead atoms. The Bertz CT molecular complexity index is 297. The van der Waals surface area contributed by atoms with Crippen LogP contribution in [0.25, 0.3) is 0 Å². The highest BCUT2D eigenvalue weighted by atomic mass is 16.7. The Morgan fingerprint density at radius 2 is 2.27 bits per heavy atom. The Kier molecular flexibility index (Phi) is 4.17. The third kappa shape index (κ3) is 3.25. The first-order chi connectivity index (χ1) is 7.04. The van der Waals surface area contributed by atoms with Gasteiger partial charge in [0, 0.05) is 24.8 Å². The number of allylic oxidation sites excluding steroid dienone is 1. The predicted octanol–water partition coefficient (Wildman–Crippen LogP) is 1.08. The zero-order chi connectivity index (χ0) is 11.4. The van der Waals surface area contributed by atoms with Crippen LogP contribution >= 0.6 is 0 Å². The second kappa shape index (κ2) is 5.19. The van der Waals surface area contributed by atoms with Crippen LogP contribution < -0.4 is 0 Å². The molecule has 0 aliphatic carbocycles. The summed E-state index contributed by atoms with van der Waals surface area (Å²) in [6.45, 7) is 4.22. The number of hydrogen-bond acceptors (Lipinski definition) is 4. The lowest BCUT2D eigenvalue weighted by Crippen LogP contribution is -2.30. The zero-order valence-electron chi connectivity index (χ0n) is 9.73. The van der Waals surface area contributed by atoms with Crippen molar-refractivity contribution in [1.29, 1.82) is 0 Å². The van der Waals surface area contributed by atoms with E-state index in [0.29, 0.717) is 0 Å². The van der Waals surface area contributed by atoms with Gasteiger partial charge in [-0.25, -0.2) is 0 Å². The van der Waals surface area contributed by atoms with Crippen LogP contribution in [-0.4, -0.2) is 43.8 Å². The fraction of sp³-hybridized carbons (Fsp3) is 0.636. The van der Waals surface area contributed by atoms with Crippen molar-refractivity contribution < 1.29 is 9.63 Å². The van der Waals surface area contributed by atoms with Crippen LogP contribution in [0, 0.1) is 5.92 Å². The van der Waals surface area contributed by atoms with Gasteiger partial charge in [-0.15, -0.1) is 0 Å². The monoisotopic (exact) mass is 210 g/mol. The Morgan fingerprint density at radius 3 is 2.87 bits per heavy atom. The van der Waals surface area contributed by atoms with Gasteiger partial charge < -0.3 is 4.84 Å². The molecule has 0 amide bonds. The first-order valence-electron chi connectivity index (χ1n) is 5.08. The molecule has 0 N–H and O–H groups in total. The molecule has 1 heterocycles. The minimum Gasteiger partial charge on any atom is -0.302 e. The van der Waals surface area contributed by atoms with Gasteiger partial charge in [-0.2, -0.15) is 5.06 Å². The molecule has 0 saturated heterocycles. The van der Waals surface area contributed by atoms with Gasteiger partial charge >= 0.3 is 0 Å². The molecule has 0 aromatic heterocycles. The maximum atomic E-state index is 11.9. The average Bonchev–Trinajstić information content (AvgIpc) is 2.21. The highest BCUT2D eigenvalue weighted by molar-refractivity contribution is 5.99. The first kappa shape index (κ1) is 12.1. The van der Waals surface area contributed by atoms with Crippen LogP contribution in [0.2, 0.25) is 0 Å². The standard InChI is InChI=1S/C11H18N2O2/c1-8-5-10(9(2)12-6-8)11(14)7-13(3)15-4/h5-6,8-9H,7H2,1-4H3. The van der Waals surface area contributed by atoms with Gasteiger partial charge in [0.25, 0.3) is 0 Å². The fourth-order valence-electron chi connectivity index (χ4n) is 1.49. The Hall–Kier alpha value is -1.00. The van der Waals surface area contributed by atoms with Crippen LogP contribution in [0.15, 0.2) is 16.6 Å². The summed E-state index contributed by atoms with van der Waals surface area (Å²) in [5.41, 5.74) is 0.786. The van der Waals surface area contributed by atoms with Gasteiger partial charge in [-0.1, -0.05) is 13.0 Å². The number of likely N-dealkylation sites (N-methyl/N-ethyl adjacent to an activating group) is 1. The van der Waals surface area contributed by atoms with Gasteiger partial charge in [0.15, 0.2) is 5.78 Å². The van der Waals surface area contributed by atoms with E-state index in [-0.39, 0.29) is 24.3 Å². The number of hydroxylamine groups is 2.